The van der Waals surface area contributed by atoms with Gasteiger partial charge in [0.15, 0.2) is 0 Å². The Balaban J connectivity index is -0.000000000833. The largest absolute Gasteiger partial charge is 0.358 e. The predicted molar refractivity (Wildman–Crippen MR) is 339 cm³/mol. The van der Waals surface area contributed by atoms with E-state index in [4.69, 9.17) is 25.4 Å². The molecule has 0 saturated heterocycles. The van der Waals surface area contributed by atoms with E-state index in [9.17, 15) is 0 Å². The Bertz CT molecular complexity index is 117. The predicted octanol–water partition coefficient (Wildman–Crippen LogP) is 26.3. The van der Waals surface area contributed by atoms with Crippen LogP contribution in [0, 0.1) is 7.43 Å². The van der Waals surface area contributed by atoms with Gasteiger partial charge in [-0.25, -0.2) is 0 Å². The summed E-state index contributed by atoms with van der Waals surface area (Å²) in [5.41, 5.74) is 0. The molecule has 0 aliphatic heterocycles. The van der Waals surface area contributed by atoms with E-state index in [1.165, 1.54) is 0 Å². The van der Waals surface area contributed by atoms with E-state index in [1.54, 1.807) is 0 Å². The second kappa shape index (κ2) is 8660000. The van der Waals surface area contributed by atoms with Gasteiger partial charge in [-0.15, -0.1) is 0 Å². The van der Waals surface area contributed by atoms with E-state index in [2.05, 4.69) is 111 Å². The monoisotopic (exact) mass is 968 g/mol. The summed E-state index contributed by atoms with van der Waals surface area (Å²) in [5, 5.41) is 0. The van der Waals surface area contributed by atoms with Crippen molar-refractivity contribution < 1.29 is 44.0 Å². The summed E-state index contributed by atoms with van der Waals surface area (Å²) >= 11 is 0. The molecule has 19 heteroatoms. The SMILES string of the molecule is C.C.C.C.C.C.C.C.C.C.C.C.C.C.C.C.C.C.C.C.C.C.C.C.C.C.C.C.C.C.C.C.C.C.C.C.[2H]N.[2H]N.[2H]N.[2H]N.[2H]N.[2H]N.[2H]N.[2H]N.[2H]N.[2H]N.[2H]N.[2H]N.[2H]N.[2H]N.[2H]N.[2H]N.[2H]N.[2H]N.[CH3-].[V]. The van der Waals surface area contributed by atoms with Crippen molar-refractivity contribution in [3.05, 3.63) is 7.43 Å². The fourth-order valence-corrected chi connectivity index (χ4v) is 0. The molecule has 0 aromatic carbocycles. The fourth-order valence-electron chi connectivity index (χ4n) is 0. The first-order chi connectivity index (χ1) is 18.0. The van der Waals surface area contributed by atoms with Crippen molar-refractivity contribution >= 4 is 0 Å². The average molecular weight is 968 g/mol. The third-order valence-corrected chi connectivity index (χ3v) is 0. The van der Waals surface area contributed by atoms with Gasteiger partial charge in [0, 0.05) is 18.6 Å². The second-order valence-corrected chi connectivity index (χ2v) is 0. The molecule has 0 unspecified atom stereocenters. The van der Waals surface area contributed by atoms with Crippen LogP contribution in [-0.4, -0.2) is 0 Å². The van der Waals surface area contributed by atoms with Crippen LogP contribution in [0.25, 0.3) is 0 Å². The van der Waals surface area contributed by atoms with Crippen molar-refractivity contribution in [1.29, 1.82) is 0 Å². The van der Waals surface area contributed by atoms with Gasteiger partial charge in [-0.05, 0) is 0 Å². The van der Waals surface area contributed by atoms with E-state index >= 15 is 0 Å². The molecule has 445 valence electrons. The molecular formula is C37H201N18V-. The van der Waals surface area contributed by atoms with Crippen LogP contribution in [0.15, 0.2) is 0 Å². The van der Waals surface area contributed by atoms with E-state index < -0.39 is 0 Å². The minimum Gasteiger partial charge on any atom is -0.358 e. The molecular weight excluding hydrogens is 747 g/mol. The molecule has 0 aromatic rings. The summed E-state index contributed by atoms with van der Waals surface area (Å²) in [6.07, 6.45) is 67.5. The van der Waals surface area contributed by atoms with Crippen LogP contribution < -0.4 is 111 Å². The number of rotatable bonds is 0. The van der Waals surface area contributed by atoms with Gasteiger partial charge in [-0.3, -0.25) is 0 Å². The first kappa shape index (κ1) is 527. The standard InChI is InChI=1S/36CH4.CH3.18H3N.V/h36*1H4;19*1H3;/q;;;;;;;;;;;;;;;;;;;;;;;;;;;;;;;;;;;;-1;;;;;;;;;;;;;;;;;;;/i/hD18. The summed E-state index contributed by atoms with van der Waals surface area (Å²) < 4.78 is 94.5. The van der Waals surface area contributed by atoms with Crippen LogP contribution in [0.4, 0.5) is 0 Å². The summed E-state index contributed by atoms with van der Waals surface area (Å²) in [5.74, 6) is 0. The van der Waals surface area contributed by atoms with Crippen LogP contribution in [-0.2, 0) is 18.6 Å². The van der Waals surface area contributed by atoms with Gasteiger partial charge in [-0.1, -0.05) is 267 Å². The molecule has 0 aliphatic carbocycles. The van der Waals surface area contributed by atoms with E-state index in [1.807, 2.05) is 0 Å². The topological polar surface area (TPSA) is 630 Å². The molecule has 0 heterocycles. The van der Waals surface area contributed by atoms with Gasteiger partial charge >= 0.3 is 0 Å². The van der Waals surface area contributed by atoms with Crippen LogP contribution in [0.2, 0.25) is 25.4 Å². The summed E-state index contributed by atoms with van der Waals surface area (Å²) in [7, 11) is 0. The van der Waals surface area contributed by atoms with Crippen molar-refractivity contribution in [1.82, 2.24) is 111 Å². The second-order valence-electron chi connectivity index (χ2n) is 0. The molecule has 0 amide bonds. The molecule has 0 bridgehead atoms. The van der Waals surface area contributed by atoms with E-state index in [0.717, 1.165) is 0 Å². The zero-order chi connectivity index (χ0) is 36.0. The van der Waals surface area contributed by atoms with Crippen LogP contribution in [0.3, 0.4) is 0 Å². The van der Waals surface area contributed by atoms with Crippen molar-refractivity contribution in [3.8, 4) is 0 Å². The van der Waals surface area contributed by atoms with Crippen molar-refractivity contribution in [2.45, 2.75) is 267 Å². The van der Waals surface area contributed by atoms with Crippen LogP contribution in [0.1, 0.15) is 267 Å². The van der Waals surface area contributed by atoms with E-state index in [-0.39, 0.29) is 293 Å². The first-order valence-corrected chi connectivity index (χ1v) is 0. The molecule has 18 nitrogen and oxygen atoms in total. The zero-order valence-corrected chi connectivity index (χ0v) is 13.2. The molecule has 54 N–H and O–H groups in total. The molecule has 0 spiro atoms. The number of hydrogen-bond donors (Lipinski definition) is 18. The van der Waals surface area contributed by atoms with Gasteiger partial charge in [0.2, 0.25) is 0 Å². The third-order valence-electron chi connectivity index (χ3n) is 0. The Morgan fingerprint density at radius 3 is 0.107 bits per heavy atom. The van der Waals surface area contributed by atoms with Crippen LogP contribution in [0.5, 0.6) is 0 Å². The first-order valence-electron chi connectivity index (χ1n) is 10.4. The van der Waals surface area contributed by atoms with Gasteiger partial charge in [0.1, 0.15) is 25.4 Å². The Morgan fingerprint density at radius 2 is 0.107 bits per heavy atom. The van der Waals surface area contributed by atoms with Crippen molar-refractivity contribution in [2.24, 2.45) is 0 Å². The Morgan fingerprint density at radius 1 is 0.107 bits per heavy atom. The quantitative estimate of drug-likeness (QED) is 0.100. The third kappa shape index (κ3) is 8190000. The van der Waals surface area contributed by atoms with Gasteiger partial charge in [0.25, 0.3) is 0 Å². The Kier molecular flexibility index (Phi) is 81500000. The van der Waals surface area contributed by atoms with Gasteiger partial charge in [0.05, 0.1) is 0 Å². The summed E-state index contributed by atoms with van der Waals surface area (Å²) in [6.45, 7) is 0. The Labute approximate surface area is 429 Å². The minimum absolute atomic E-state index is 0. The summed E-state index contributed by atoms with van der Waals surface area (Å²) in [4.78, 5) is 0. The number of hydrogen-bond acceptors (Lipinski definition) is 18. The molecule has 0 rings (SSSR count). The Hall–Kier alpha value is -0.136. The smallest absolute Gasteiger partial charge is 0.115 e. The van der Waals surface area contributed by atoms with Crippen molar-refractivity contribution in [2.75, 3.05) is 0 Å². The van der Waals surface area contributed by atoms with Crippen LogP contribution >= 0.6 is 0 Å². The molecule has 1 radical (unpaired) electrons. The molecule has 0 atom stereocenters. The maximum absolute atomic E-state index is 5.25. The molecule has 0 aromatic heterocycles. The maximum Gasteiger partial charge on any atom is 0.115 e. The molecule has 0 aliphatic rings. The van der Waals surface area contributed by atoms with E-state index in [0.29, 0.717) is 0 Å². The average Bonchev–Trinajstić information content (AvgIpc) is 3.13. The minimum atomic E-state index is 0. The van der Waals surface area contributed by atoms with Crippen molar-refractivity contribution in [3.63, 3.8) is 0 Å². The molecule has 0 saturated carbocycles. The summed E-state index contributed by atoms with van der Waals surface area (Å²) in [6, 6.07) is 0. The van der Waals surface area contributed by atoms with Gasteiger partial charge < -0.3 is 118 Å². The van der Waals surface area contributed by atoms with Gasteiger partial charge in [-0.2, -0.15) is 0 Å². The zero-order valence-electron chi connectivity index (χ0n) is 29.8. The molecule has 56 heavy (non-hydrogen) atoms. The molecule has 0 fully saturated rings. The fraction of sp³-hybridized carbons (Fsp3) is 0.973. The normalized spacial score (nSPS) is 2.25. The maximum atomic E-state index is 5.25.